The molecular weight excluding hydrogens is 418 g/mol. The van der Waals surface area contributed by atoms with Crippen molar-refractivity contribution in [3.8, 4) is 0 Å². The molecule has 168 valence electrons. The zero-order chi connectivity index (χ0) is 23.4. The van der Waals surface area contributed by atoms with E-state index in [4.69, 9.17) is 0 Å². The van der Waals surface area contributed by atoms with Crippen molar-refractivity contribution in [2.75, 3.05) is 0 Å². The molecule has 0 saturated carbocycles. The largest absolute Gasteiger partial charge is 0.362 e. The van der Waals surface area contributed by atoms with Gasteiger partial charge in [-0.1, -0.05) is 47.1 Å². The number of hydrogen-bond acceptors (Lipinski definition) is 6. The van der Waals surface area contributed by atoms with E-state index in [-0.39, 0.29) is 0 Å². The third-order valence-electron chi connectivity index (χ3n) is 3.52. The highest BCUT2D eigenvalue weighted by atomic mass is 32.1. The Hall–Kier alpha value is -3.58. The normalized spacial score (nSPS) is 8.78. The number of hydrogen-bond donors (Lipinski definition) is 1. The van der Waals surface area contributed by atoms with E-state index in [1.54, 1.807) is 30.9 Å². The first-order chi connectivity index (χ1) is 15.5. The Morgan fingerprint density at radius 1 is 0.750 bits per heavy atom. The lowest BCUT2D eigenvalue weighted by Crippen LogP contribution is -1.72. The van der Waals surface area contributed by atoms with Gasteiger partial charge in [0.05, 0.1) is 12.4 Å². The van der Waals surface area contributed by atoms with Crippen LogP contribution in [0.5, 0.6) is 0 Å². The van der Waals surface area contributed by atoms with E-state index in [9.17, 15) is 0 Å². The van der Waals surface area contributed by atoms with Crippen LogP contribution in [0, 0.1) is 34.6 Å². The second-order valence-corrected chi connectivity index (χ2v) is 7.68. The van der Waals surface area contributed by atoms with Gasteiger partial charge in [0.25, 0.3) is 0 Å². The van der Waals surface area contributed by atoms with Crippen LogP contribution >= 0.6 is 11.5 Å². The summed E-state index contributed by atoms with van der Waals surface area (Å²) in [5.41, 5.74) is 3.57. The van der Waals surface area contributed by atoms with Gasteiger partial charge in [-0.25, -0.2) is 4.37 Å². The van der Waals surface area contributed by atoms with Crippen LogP contribution in [-0.4, -0.2) is 24.7 Å². The predicted molar refractivity (Wildman–Crippen MR) is 132 cm³/mol. The summed E-state index contributed by atoms with van der Waals surface area (Å²) in [5, 5.41) is 9.82. The van der Waals surface area contributed by atoms with E-state index >= 15 is 0 Å². The van der Waals surface area contributed by atoms with E-state index in [1.807, 2.05) is 76.4 Å². The molecular formula is C25H31N5OS. The van der Waals surface area contributed by atoms with Crippen molar-refractivity contribution in [3.05, 3.63) is 119 Å². The number of aryl methyl sites for hydroxylation is 5. The Morgan fingerprint density at radius 2 is 1.50 bits per heavy atom. The summed E-state index contributed by atoms with van der Waals surface area (Å²) in [4.78, 5) is 5.25. The summed E-state index contributed by atoms with van der Waals surface area (Å²) < 4.78 is 8.45. The van der Waals surface area contributed by atoms with Gasteiger partial charge < -0.3 is 4.52 Å². The molecule has 1 aromatic carbocycles. The fourth-order valence-corrected chi connectivity index (χ4v) is 2.27. The molecule has 0 atom stereocenters. The number of benzene rings is 1. The Kier molecular flexibility index (Phi) is 14.2. The van der Waals surface area contributed by atoms with Gasteiger partial charge in [0.15, 0.2) is 0 Å². The highest BCUT2D eigenvalue weighted by Crippen LogP contribution is 1.98. The topological polar surface area (TPSA) is 80.5 Å². The Morgan fingerprint density at radius 3 is 1.72 bits per heavy atom. The first-order valence-corrected chi connectivity index (χ1v) is 10.8. The van der Waals surface area contributed by atoms with Crippen molar-refractivity contribution in [2.45, 2.75) is 34.6 Å². The van der Waals surface area contributed by atoms with Crippen molar-refractivity contribution in [2.24, 2.45) is 0 Å². The van der Waals surface area contributed by atoms with Gasteiger partial charge in [-0.05, 0) is 69.9 Å². The summed E-state index contributed by atoms with van der Waals surface area (Å²) in [6, 6.07) is 19.9. The maximum atomic E-state index is 4.58. The maximum absolute atomic E-state index is 4.58. The summed E-state index contributed by atoms with van der Waals surface area (Å²) in [7, 11) is 0. The van der Waals surface area contributed by atoms with Crippen LogP contribution in [-0.2, 0) is 0 Å². The minimum atomic E-state index is 0.856. The van der Waals surface area contributed by atoms with Gasteiger partial charge in [-0.15, -0.1) is 0 Å². The molecule has 0 aliphatic rings. The number of pyridine rings is 1. The van der Waals surface area contributed by atoms with Gasteiger partial charge in [-0.2, -0.15) is 5.10 Å². The summed E-state index contributed by atoms with van der Waals surface area (Å²) in [6.07, 6.45) is 8.84. The first kappa shape index (κ1) is 26.5. The predicted octanol–water partition coefficient (Wildman–Crippen LogP) is 6.54. The van der Waals surface area contributed by atoms with Crippen molar-refractivity contribution in [3.63, 3.8) is 0 Å². The minimum Gasteiger partial charge on any atom is -0.362 e. The zero-order valence-electron chi connectivity index (χ0n) is 19.3. The van der Waals surface area contributed by atoms with Gasteiger partial charge >= 0.3 is 0 Å². The number of rotatable bonds is 0. The quantitative estimate of drug-likeness (QED) is 0.290. The molecule has 1 N–H and O–H groups in total. The minimum absolute atomic E-state index is 0.856. The van der Waals surface area contributed by atoms with Crippen LogP contribution in [0.3, 0.4) is 0 Å². The molecule has 7 heteroatoms. The zero-order valence-corrected chi connectivity index (χ0v) is 20.1. The first-order valence-electron chi connectivity index (χ1n) is 10.1. The number of aromatic amines is 1. The van der Waals surface area contributed by atoms with E-state index in [0.717, 1.165) is 11.5 Å². The van der Waals surface area contributed by atoms with Crippen molar-refractivity contribution in [1.82, 2.24) is 24.7 Å². The average Bonchev–Trinajstić information content (AvgIpc) is 3.57. The Balaban J connectivity index is 0.000000200. The van der Waals surface area contributed by atoms with E-state index in [0.29, 0.717) is 0 Å². The van der Waals surface area contributed by atoms with Crippen LogP contribution in [0.15, 0.2) is 96.2 Å². The van der Waals surface area contributed by atoms with Crippen molar-refractivity contribution >= 4 is 11.5 Å². The average molecular weight is 450 g/mol. The Bertz CT molecular complexity index is 887. The molecule has 6 nitrogen and oxygen atoms in total. The Labute approximate surface area is 194 Å². The molecule has 0 amide bonds. The second-order valence-electron chi connectivity index (χ2n) is 6.65. The molecule has 5 rings (SSSR count). The van der Waals surface area contributed by atoms with Crippen molar-refractivity contribution < 1.29 is 4.52 Å². The number of nitrogens with one attached hydrogen (secondary N) is 1. The monoisotopic (exact) mass is 449 g/mol. The van der Waals surface area contributed by atoms with E-state index < -0.39 is 0 Å². The fraction of sp³-hybridized carbons (Fsp3) is 0.200. The molecule has 0 unspecified atom stereocenters. The standard InChI is InChI=1S/C7H8.C6H7N.C4H6N2.C4H5NO.C4H5NS/c1-7-5-3-2-4-6-7;1-6-4-2-3-5-7-6;1-4-2-5-6-3-4;2*1-4-2-3-5-6-4/h2-6H,1H3;2-5H,1H3;2-3H,1H3,(H,5,6);2*2-3H,1H3. The van der Waals surface area contributed by atoms with Crippen LogP contribution in [0.4, 0.5) is 0 Å². The van der Waals surface area contributed by atoms with E-state index in [2.05, 4.69) is 48.3 Å². The smallest absolute Gasteiger partial charge is 0.133 e. The number of H-pyrrole nitrogens is 1. The third-order valence-corrected chi connectivity index (χ3v) is 4.17. The van der Waals surface area contributed by atoms with Gasteiger partial charge in [-0.3, -0.25) is 10.1 Å². The maximum Gasteiger partial charge on any atom is 0.133 e. The number of nitrogens with zero attached hydrogens (tertiary/aromatic N) is 4. The highest BCUT2D eigenvalue weighted by molar-refractivity contribution is 7.05. The molecule has 4 heterocycles. The lowest BCUT2D eigenvalue weighted by molar-refractivity contribution is 0.397. The second kappa shape index (κ2) is 17.1. The highest BCUT2D eigenvalue weighted by Gasteiger charge is 1.78. The molecule has 0 bridgehead atoms. The molecule has 0 aliphatic carbocycles. The van der Waals surface area contributed by atoms with Gasteiger partial charge in [0.2, 0.25) is 0 Å². The fourth-order valence-electron chi connectivity index (χ4n) is 1.86. The van der Waals surface area contributed by atoms with Crippen LogP contribution in [0.2, 0.25) is 0 Å². The molecule has 0 radical (unpaired) electrons. The molecule has 4 aromatic heterocycles. The molecule has 5 aromatic rings. The van der Waals surface area contributed by atoms with Gasteiger partial charge in [0, 0.05) is 35.2 Å². The lowest BCUT2D eigenvalue weighted by atomic mass is 10.2. The molecule has 0 fully saturated rings. The van der Waals surface area contributed by atoms with Gasteiger partial charge in [0.1, 0.15) is 5.76 Å². The van der Waals surface area contributed by atoms with Crippen LogP contribution in [0.1, 0.15) is 27.5 Å². The summed E-state index contributed by atoms with van der Waals surface area (Å²) in [5.74, 6) is 0.856. The number of aromatic nitrogens is 5. The lowest BCUT2D eigenvalue weighted by Gasteiger charge is -1.82. The molecule has 0 aliphatic heterocycles. The SMILES string of the molecule is Cc1ccccc1.Cc1ccccn1.Cc1ccno1.Cc1ccns1.Cc1cn[nH]c1. The van der Waals surface area contributed by atoms with E-state index in [1.165, 1.54) is 27.5 Å². The molecule has 0 spiro atoms. The summed E-state index contributed by atoms with van der Waals surface area (Å²) in [6.45, 7) is 9.94. The third kappa shape index (κ3) is 15.3. The molecule has 32 heavy (non-hydrogen) atoms. The molecule has 0 saturated heterocycles. The van der Waals surface area contributed by atoms with Crippen LogP contribution < -0.4 is 0 Å². The van der Waals surface area contributed by atoms with Crippen LogP contribution in [0.25, 0.3) is 0 Å². The summed E-state index contributed by atoms with van der Waals surface area (Å²) >= 11 is 1.53. The van der Waals surface area contributed by atoms with Crippen molar-refractivity contribution in [1.29, 1.82) is 0 Å².